The van der Waals surface area contributed by atoms with Crippen molar-refractivity contribution in [2.24, 2.45) is 0 Å². The number of carbonyl (C=O) groups is 2. The van der Waals surface area contributed by atoms with Crippen LogP contribution in [0.15, 0.2) is 36.2 Å². The fraction of sp³-hybridized carbons (Fsp3) is 0.333. The molecular formula is C15H17NO5. The molecular weight excluding hydrogens is 274 g/mol. The second kappa shape index (κ2) is 5.47. The number of ether oxygens (including phenoxy) is 3. The van der Waals surface area contributed by atoms with Gasteiger partial charge in [0.05, 0.1) is 12.8 Å². The first-order chi connectivity index (χ1) is 9.83. The predicted octanol–water partition coefficient (Wildman–Crippen LogP) is 2.83. The highest BCUT2D eigenvalue weighted by Crippen LogP contribution is 2.35. The van der Waals surface area contributed by atoms with Crippen LogP contribution in [0, 0.1) is 0 Å². The number of rotatable bonds is 1. The van der Waals surface area contributed by atoms with Gasteiger partial charge >= 0.3 is 12.1 Å². The summed E-state index contributed by atoms with van der Waals surface area (Å²) in [6.07, 6.45) is 0.507. The lowest BCUT2D eigenvalue weighted by molar-refractivity contribution is -0.136. The van der Waals surface area contributed by atoms with E-state index in [1.165, 1.54) is 13.4 Å². The van der Waals surface area contributed by atoms with E-state index in [2.05, 4.69) is 4.74 Å². The minimum Gasteiger partial charge on any atom is -0.464 e. The van der Waals surface area contributed by atoms with Gasteiger partial charge in [-0.1, -0.05) is 12.1 Å². The van der Waals surface area contributed by atoms with E-state index in [0.29, 0.717) is 11.4 Å². The number of amides is 1. The number of hydrogen-bond donors (Lipinski definition) is 0. The van der Waals surface area contributed by atoms with Gasteiger partial charge in [0.25, 0.3) is 0 Å². The minimum atomic E-state index is -0.689. The van der Waals surface area contributed by atoms with Crippen molar-refractivity contribution in [3.8, 4) is 5.75 Å². The molecule has 0 N–H and O–H groups in total. The molecule has 1 aliphatic rings. The first-order valence-corrected chi connectivity index (χ1v) is 6.41. The van der Waals surface area contributed by atoms with E-state index in [4.69, 9.17) is 9.47 Å². The smallest absolute Gasteiger partial charge is 0.419 e. The molecule has 6 nitrogen and oxygen atoms in total. The van der Waals surface area contributed by atoms with Crippen molar-refractivity contribution in [1.29, 1.82) is 0 Å². The molecule has 0 atom stereocenters. The van der Waals surface area contributed by atoms with Crippen LogP contribution in [0.2, 0.25) is 0 Å². The Labute approximate surface area is 122 Å². The number of nitrogens with zero attached hydrogens (tertiary/aromatic N) is 1. The summed E-state index contributed by atoms with van der Waals surface area (Å²) in [5.41, 5.74) is -0.300. The maximum atomic E-state index is 12.4. The van der Waals surface area contributed by atoms with Gasteiger partial charge in [0.1, 0.15) is 11.9 Å². The normalized spacial score (nSPS) is 13.7. The second-order valence-corrected chi connectivity index (χ2v) is 5.40. The van der Waals surface area contributed by atoms with Crippen LogP contribution in [0.3, 0.4) is 0 Å². The minimum absolute atomic E-state index is 0.0366. The van der Waals surface area contributed by atoms with Crippen LogP contribution >= 0.6 is 0 Å². The van der Waals surface area contributed by atoms with Gasteiger partial charge in [-0.25, -0.2) is 14.5 Å². The lowest BCUT2D eigenvalue weighted by atomic mass is 10.2. The quantitative estimate of drug-likeness (QED) is 0.744. The average Bonchev–Trinajstić information content (AvgIpc) is 2.43. The van der Waals surface area contributed by atoms with Crippen molar-refractivity contribution in [1.82, 2.24) is 0 Å². The van der Waals surface area contributed by atoms with E-state index in [1.807, 2.05) is 0 Å². The zero-order chi connectivity index (χ0) is 15.6. The number of anilines is 1. The summed E-state index contributed by atoms with van der Waals surface area (Å²) in [7, 11) is 1.23. The largest absolute Gasteiger partial charge is 0.464 e. The summed E-state index contributed by atoms with van der Waals surface area (Å²) in [4.78, 5) is 25.4. The Morgan fingerprint density at radius 3 is 2.48 bits per heavy atom. The highest BCUT2D eigenvalue weighted by Gasteiger charge is 2.34. The number of fused-ring (bicyclic) bond motifs is 1. The molecule has 0 saturated carbocycles. The molecule has 1 amide bonds. The molecule has 2 rings (SSSR count). The van der Waals surface area contributed by atoms with E-state index in [1.54, 1.807) is 45.0 Å². The molecule has 0 bridgehead atoms. The molecule has 1 aromatic carbocycles. The molecule has 0 spiro atoms. The summed E-state index contributed by atoms with van der Waals surface area (Å²) >= 11 is 0. The predicted molar refractivity (Wildman–Crippen MR) is 75.9 cm³/mol. The van der Waals surface area contributed by atoms with Gasteiger partial charge in [0.15, 0.2) is 11.4 Å². The molecule has 21 heavy (non-hydrogen) atoms. The topological polar surface area (TPSA) is 65.1 Å². The Balaban J connectivity index is 2.43. The van der Waals surface area contributed by atoms with Crippen molar-refractivity contribution in [3.63, 3.8) is 0 Å². The summed E-state index contributed by atoms with van der Waals surface area (Å²) in [6.45, 7) is 5.25. The Bertz CT molecular complexity index is 600. The molecule has 0 saturated heterocycles. The van der Waals surface area contributed by atoms with Gasteiger partial charge in [-0.3, -0.25) is 0 Å². The maximum absolute atomic E-state index is 12.4. The van der Waals surface area contributed by atoms with E-state index in [-0.39, 0.29) is 5.70 Å². The van der Waals surface area contributed by atoms with Gasteiger partial charge in [-0.15, -0.1) is 0 Å². The molecule has 0 aliphatic carbocycles. The number of carbonyl (C=O) groups excluding carboxylic acids is 2. The molecule has 6 heteroatoms. The third-order valence-corrected chi connectivity index (χ3v) is 2.62. The molecule has 0 radical (unpaired) electrons. The third kappa shape index (κ3) is 3.16. The molecule has 0 aromatic heterocycles. The maximum Gasteiger partial charge on any atom is 0.419 e. The average molecular weight is 291 g/mol. The number of methoxy groups -OCH3 is 1. The Kier molecular flexibility index (Phi) is 3.88. The standard InChI is InChI=1S/C15H17NO5/c1-15(2,3)21-14(18)16-10-7-5-6-8-12(10)20-9-11(16)13(17)19-4/h5-9H,1-4H3. The molecule has 1 aliphatic heterocycles. The summed E-state index contributed by atoms with van der Waals surface area (Å²) < 4.78 is 15.4. The van der Waals surface area contributed by atoms with Crippen LogP contribution in [0.25, 0.3) is 0 Å². The number of esters is 1. The number of benzene rings is 1. The molecule has 0 unspecified atom stereocenters. The first kappa shape index (κ1) is 14.9. The monoisotopic (exact) mass is 291 g/mol. The Morgan fingerprint density at radius 1 is 1.19 bits per heavy atom. The van der Waals surface area contributed by atoms with E-state index in [0.717, 1.165) is 4.90 Å². The number of hydrogen-bond acceptors (Lipinski definition) is 5. The van der Waals surface area contributed by atoms with Gasteiger partial charge in [0.2, 0.25) is 0 Å². The van der Waals surface area contributed by atoms with Crippen LogP contribution in [0.1, 0.15) is 20.8 Å². The summed E-state index contributed by atoms with van der Waals surface area (Å²) in [5.74, 6) is -0.230. The van der Waals surface area contributed by atoms with Crippen molar-refractivity contribution in [2.45, 2.75) is 26.4 Å². The van der Waals surface area contributed by atoms with Crippen LogP contribution in [0.5, 0.6) is 5.75 Å². The third-order valence-electron chi connectivity index (χ3n) is 2.62. The van der Waals surface area contributed by atoms with E-state index < -0.39 is 17.7 Å². The van der Waals surface area contributed by atoms with Crippen LogP contribution in [-0.4, -0.2) is 24.8 Å². The zero-order valence-electron chi connectivity index (χ0n) is 12.4. The zero-order valence-corrected chi connectivity index (χ0v) is 12.4. The van der Waals surface area contributed by atoms with Crippen LogP contribution in [-0.2, 0) is 14.3 Å². The van der Waals surface area contributed by atoms with Crippen LogP contribution in [0.4, 0.5) is 10.5 Å². The fourth-order valence-corrected chi connectivity index (χ4v) is 1.79. The number of para-hydroxylation sites is 2. The molecule has 112 valence electrons. The Morgan fingerprint density at radius 2 is 1.86 bits per heavy atom. The van der Waals surface area contributed by atoms with Gasteiger partial charge < -0.3 is 14.2 Å². The lowest BCUT2D eigenvalue weighted by Crippen LogP contribution is -2.40. The highest BCUT2D eigenvalue weighted by atomic mass is 16.6. The molecule has 1 aromatic rings. The SMILES string of the molecule is COC(=O)C1=COc2ccccc2N1C(=O)OC(C)(C)C. The van der Waals surface area contributed by atoms with Gasteiger partial charge in [0, 0.05) is 0 Å². The van der Waals surface area contributed by atoms with E-state index in [9.17, 15) is 9.59 Å². The summed E-state index contributed by atoms with van der Waals surface area (Å²) in [6, 6.07) is 6.86. The lowest BCUT2D eigenvalue weighted by Gasteiger charge is -2.30. The Hall–Kier alpha value is -2.50. The van der Waals surface area contributed by atoms with Gasteiger partial charge in [-0.2, -0.15) is 0 Å². The van der Waals surface area contributed by atoms with E-state index >= 15 is 0 Å². The highest BCUT2D eigenvalue weighted by molar-refractivity contribution is 6.05. The fourth-order valence-electron chi connectivity index (χ4n) is 1.79. The second-order valence-electron chi connectivity index (χ2n) is 5.40. The first-order valence-electron chi connectivity index (χ1n) is 6.41. The van der Waals surface area contributed by atoms with Gasteiger partial charge in [-0.05, 0) is 32.9 Å². The summed E-state index contributed by atoms with van der Waals surface area (Å²) in [5, 5.41) is 0. The molecule has 1 heterocycles. The molecule has 0 fully saturated rings. The van der Waals surface area contributed by atoms with Crippen molar-refractivity contribution >= 4 is 17.7 Å². The van der Waals surface area contributed by atoms with Crippen molar-refractivity contribution < 1.29 is 23.8 Å². The van der Waals surface area contributed by atoms with Crippen molar-refractivity contribution in [3.05, 3.63) is 36.2 Å². The van der Waals surface area contributed by atoms with Crippen LogP contribution < -0.4 is 9.64 Å². The van der Waals surface area contributed by atoms with Crippen molar-refractivity contribution in [2.75, 3.05) is 12.0 Å².